The van der Waals surface area contributed by atoms with Gasteiger partial charge in [0.25, 0.3) is 5.56 Å². The molecule has 15 heteroatoms. The number of nitrogens with two attached hydrogens (primary N) is 1. The maximum absolute atomic E-state index is 11.6. The number of anilines is 1. The second-order valence-corrected chi connectivity index (χ2v) is 6.63. The van der Waals surface area contributed by atoms with Gasteiger partial charge in [0.15, 0.2) is 11.2 Å². The Bertz CT molecular complexity index is 862. The number of H-pyrrole nitrogens is 1. The Labute approximate surface area is 121 Å². The summed E-state index contributed by atoms with van der Waals surface area (Å²) >= 11 is 0. The van der Waals surface area contributed by atoms with E-state index in [-0.39, 0.29) is 22.8 Å². The second kappa shape index (κ2) is 5.82. The maximum atomic E-state index is 11.6. The molecule has 0 aliphatic carbocycles. The van der Waals surface area contributed by atoms with E-state index in [0.29, 0.717) is 0 Å². The van der Waals surface area contributed by atoms with Crippen LogP contribution in [0.3, 0.4) is 0 Å². The summed E-state index contributed by atoms with van der Waals surface area (Å²) in [5, 5.41) is 0. The number of hydrogen-bond acceptors (Lipinski definition) is 9. The molecule has 0 spiro atoms. The first kappa shape index (κ1) is 16.6. The molecule has 2 aromatic rings. The third-order valence-corrected chi connectivity index (χ3v) is 4.20. The Balaban J connectivity index is 2.21. The SMILES string of the molecule is Nc1nc2ncc(COP(=O)(O)OP(=O)(O)O)nc2c(=O)[nH]1. The summed E-state index contributed by atoms with van der Waals surface area (Å²) in [6, 6.07) is 0. The fraction of sp³-hybridized carbons (Fsp3) is 0.143. The van der Waals surface area contributed by atoms with Gasteiger partial charge in [-0.15, -0.1) is 0 Å². The molecule has 6 N–H and O–H groups in total. The first-order valence-corrected chi connectivity index (χ1v) is 8.34. The predicted octanol–water partition coefficient (Wildman–Crippen LogP) is -0.978. The van der Waals surface area contributed by atoms with Crippen molar-refractivity contribution >= 4 is 32.8 Å². The van der Waals surface area contributed by atoms with Gasteiger partial charge in [-0.25, -0.2) is 19.1 Å². The van der Waals surface area contributed by atoms with Gasteiger partial charge in [-0.2, -0.15) is 9.29 Å². The van der Waals surface area contributed by atoms with E-state index in [1.54, 1.807) is 0 Å². The normalized spacial score (nSPS) is 14.9. The summed E-state index contributed by atoms with van der Waals surface area (Å²) in [5.41, 5.74) is 4.31. The van der Waals surface area contributed by atoms with E-state index >= 15 is 0 Å². The monoisotopic (exact) mass is 353 g/mol. The number of aromatic nitrogens is 4. The van der Waals surface area contributed by atoms with Gasteiger partial charge in [0.1, 0.15) is 6.61 Å². The summed E-state index contributed by atoms with van der Waals surface area (Å²) in [6.07, 6.45) is 1.08. The van der Waals surface area contributed by atoms with E-state index in [9.17, 15) is 13.9 Å². The van der Waals surface area contributed by atoms with Crippen LogP contribution in [0.25, 0.3) is 11.2 Å². The van der Waals surface area contributed by atoms with Crippen molar-refractivity contribution in [2.45, 2.75) is 6.61 Å². The molecule has 2 rings (SSSR count). The van der Waals surface area contributed by atoms with Crippen LogP contribution in [0.2, 0.25) is 0 Å². The lowest BCUT2D eigenvalue weighted by Crippen LogP contribution is -2.14. The Morgan fingerprint density at radius 2 is 1.95 bits per heavy atom. The van der Waals surface area contributed by atoms with Crippen LogP contribution < -0.4 is 11.3 Å². The smallest absolute Gasteiger partial charge is 0.369 e. The number of rotatable bonds is 5. The zero-order chi connectivity index (χ0) is 16.5. The average Bonchev–Trinajstić information content (AvgIpc) is 2.33. The Morgan fingerprint density at radius 1 is 1.27 bits per heavy atom. The molecule has 0 saturated carbocycles. The van der Waals surface area contributed by atoms with Crippen molar-refractivity contribution in [3.8, 4) is 0 Å². The molecule has 0 saturated heterocycles. The summed E-state index contributed by atoms with van der Waals surface area (Å²) in [6.45, 7) is -0.694. The molecular formula is C7H9N5O8P2. The van der Waals surface area contributed by atoms with Gasteiger partial charge in [0.05, 0.1) is 11.9 Å². The topological polar surface area (TPSA) is 211 Å². The fourth-order valence-corrected chi connectivity index (χ4v) is 2.91. The Kier molecular flexibility index (Phi) is 4.40. The summed E-state index contributed by atoms with van der Waals surface area (Å²) in [5.74, 6) is -0.161. The third kappa shape index (κ3) is 4.39. The quantitative estimate of drug-likeness (QED) is 0.410. The largest absolute Gasteiger partial charge is 0.481 e. The molecule has 0 amide bonds. The highest BCUT2D eigenvalue weighted by molar-refractivity contribution is 7.60. The number of aromatic amines is 1. The lowest BCUT2D eigenvalue weighted by molar-refractivity contribution is 0.170. The van der Waals surface area contributed by atoms with Crippen LogP contribution in [-0.2, 0) is 24.6 Å². The van der Waals surface area contributed by atoms with Gasteiger partial charge < -0.3 is 20.4 Å². The molecule has 1 atom stereocenters. The summed E-state index contributed by atoms with van der Waals surface area (Å²) < 4.78 is 29.7. The molecule has 22 heavy (non-hydrogen) atoms. The predicted molar refractivity (Wildman–Crippen MR) is 70.1 cm³/mol. The van der Waals surface area contributed by atoms with Crippen molar-refractivity contribution in [2.24, 2.45) is 0 Å². The molecule has 0 aliphatic heterocycles. The molecule has 0 aliphatic rings. The molecule has 0 fully saturated rings. The second-order valence-electron chi connectivity index (χ2n) is 3.80. The number of hydrogen-bond donors (Lipinski definition) is 5. The molecule has 13 nitrogen and oxygen atoms in total. The maximum Gasteiger partial charge on any atom is 0.481 e. The zero-order valence-electron chi connectivity index (χ0n) is 10.5. The lowest BCUT2D eigenvalue weighted by atomic mass is 10.4. The van der Waals surface area contributed by atoms with E-state index in [2.05, 4.69) is 28.8 Å². The first-order valence-electron chi connectivity index (χ1n) is 5.31. The average molecular weight is 353 g/mol. The molecular weight excluding hydrogens is 344 g/mol. The lowest BCUT2D eigenvalue weighted by Gasteiger charge is -2.11. The van der Waals surface area contributed by atoms with Gasteiger partial charge in [0, 0.05) is 0 Å². The molecule has 2 heterocycles. The standard InChI is InChI=1S/C7H9N5O8P2/c8-7-11-5-4(6(13)12-7)10-3(1-9-5)2-19-22(17,18)20-21(14,15)16/h1H,2H2,(H,17,18)(H2,14,15,16)(H3,8,9,11,12,13). The van der Waals surface area contributed by atoms with Crippen LogP contribution in [0.5, 0.6) is 0 Å². The van der Waals surface area contributed by atoms with Gasteiger partial charge >= 0.3 is 15.6 Å². The van der Waals surface area contributed by atoms with E-state index in [4.69, 9.17) is 20.4 Å². The molecule has 120 valence electrons. The van der Waals surface area contributed by atoms with Crippen molar-refractivity contribution in [1.82, 2.24) is 19.9 Å². The van der Waals surface area contributed by atoms with Crippen LogP contribution in [-0.4, -0.2) is 34.6 Å². The third-order valence-electron chi connectivity index (χ3n) is 2.07. The number of phosphoric ester groups is 1. The highest BCUT2D eigenvalue weighted by atomic mass is 31.3. The summed E-state index contributed by atoms with van der Waals surface area (Å²) in [7, 11) is -10.2. The summed E-state index contributed by atoms with van der Waals surface area (Å²) in [4.78, 5) is 51.0. The minimum Gasteiger partial charge on any atom is -0.369 e. The molecule has 1 unspecified atom stereocenters. The fourth-order valence-electron chi connectivity index (χ4n) is 1.35. The van der Waals surface area contributed by atoms with Crippen LogP contribution in [0.15, 0.2) is 11.0 Å². The van der Waals surface area contributed by atoms with Crippen molar-refractivity contribution in [1.29, 1.82) is 0 Å². The Hall–Kier alpha value is -1.72. The number of phosphoric acid groups is 2. The molecule has 0 radical (unpaired) electrons. The molecule has 2 aromatic heterocycles. The Morgan fingerprint density at radius 3 is 2.59 bits per heavy atom. The van der Waals surface area contributed by atoms with Gasteiger partial charge in [-0.1, -0.05) is 0 Å². The number of nitrogens with one attached hydrogen (secondary N) is 1. The van der Waals surface area contributed by atoms with Crippen LogP contribution in [0.1, 0.15) is 5.69 Å². The number of nitrogen functional groups attached to an aromatic ring is 1. The zero-order valence-corrected chi connectivity index (χ0v) is 12.3. The molecule has 0 bridgehead atoms. The van der Waals surface area contributed by atoms with Gasteiger partial charge in [-0.05, 0) is 0 Å². The van der Waals surface area contributed by atoms with Crippen LogP contribution in [0.4, 0.5) is 5.95 Å². The van der Waals surface area contributed by atoms with Crippen LogP contribution >= 0.6 is 15.6 Å². The van der Waals surface area contributed by atoms with Gasteiger partial charge in [0.2, 0.25) is 5.95 Å². The minimum absolute atomic E-state index is 0.0522. The van der Waals surface area contributed by atoms with Crippen molar-refractivity contribution < 1.29 is 32.6 Å². The number of fused-ring (bicyclic) bond motifs is 1. The van der Waals surface area contributed by atoms with Crippen molar-refractivity contribution in [3.63, 3.8) is 0 Å². The van der Waals surface area contributed by atoms with Gasteiger partial charge in [-0.3, -0.25) is 14.3 Å². The minimum atomic E-state index is -5.21. The van der Waals surface area contributed by atoms with Crippen molar-refractivity contribution in [2.75, 3.05) is 5.73 Å². The van der Waals surface area contributed by atoms with E-state index in [1.807, 2.05) is 0 Å². The molecule has 0 aromatic carbocycles. The highest BCUT2D eigenvalue weighted by Crippen LogP contribution is 2.57. The van der Waals surface area contributed by atoms with E-state index in [0.717, 1.165) is 6.20 Å². The van der Waals surface area contributed by atoms with Crippen LogP contribution in [0, 0.1) is 0 Å². The van der Waals surface area contributed by atoms with E-state index < -0.39 is 27.8 Å². The van der Waals surface area contributed by atoms with E-state index in [1.165, 1.54) is 0 Å². The highest BCUT2D eigenvalue weighted by Gasteiger charge is 2.32. The number of nitrogens with zero attached hydrogens (tertiary/aromatic N) is 3. The first-order chi connectivity index (χ1) is 10.1. The van der Waals surface area contributed by atoms with Crippen molar-refractivity contribution in [3.05, 3.63) is 22.2 Å².